The van der Waals surface area contributed by atoms with E-state index in [0.717, 1.165) is 0 Å². The number of rotatable bonds is 3. The molecule has 1 heterocycles. The number of aliphatic carboxylic acids is 1. The second-order valence-corrected chi connectivity index (χ2v) is 2.83. The number of carbonyl (C=O) groups is 1. The fraction of sp³-hybridized carbons (Fsp3) is 0.222. The molecule has 0 aliphatic heterocycles. The van der Waals surface area contributed by atoms with E-state index in [1.807, 2.05) is 0 Å². The van der Waals surface area contributed by atoms with Gasteiger partial charge in [0, 0.05) is 6.07 Å². The van der Waals surface area contributed by atoms with Crippen molar-refractivity contribution in [2.24, 2.45) is 0 Å². The number of nitriles is 1. The van der Waals surface area contributed by atoms with Crippen LogP contribution in [0.3, 0.4) is 0 Å². The first-order valence-corrected chi connectivity index (χ1v) is 4.05. The number of nitrogens with zero attached hydrogens (tertiary/aromatic N) is 2. The first-order chi connectivity index (χ1) is 7.45. The van der Waals surface area contributed by atoms with Crippen LogP contribution in [0.25, 0.3) is 0 Å². The number of hydrogen-bond acceptors (Lipinski definition) is 3. The number of hydrogen-bond donors (Lipinski definition) is 1. The van der Waals surface area contributed by atoms with Gasteiger partial charge in [-0.15, -0.1) is 0 Å². The molecular weight excluding hydrogens is 225 g/mol. The van der Waals surface area contributed by atoms with E-state index < -0.39 is 41.6 Å². The number of carboxylic acid groups (broad SMARTS) is 1. The first kappa shape index (κ1) is 12.0. The van der Waals surface area contributed by atoms with Gasteiger partial charge in [0.15, 0.2) is 0 Å². The van der Waals surface area contributed by atoms with Crippen LogP contribution in [0.5, 0.6) is 0 Å². The van der Waals surface area contributed by atoms with Crippen molar-refractivity contribution < 1.29 is 23.1 Å². The van der Waals surface area contributed by atoms with Crippen molar-refractivity contribution >= 4 is 5.97 Å². The lowest BCUT2D eigenvalue weighted by Gasteiger charge is -2.07. The average molecular weight is 230 g/mol. The molecule has 0 radical (unpaired) electrons. The normalized spacial score (nSPS) is 10.2. The Balaban J connectivity index is 3.35. The maximum atomic E-state index is 13.1. The van der Waals surface area contributed by atoms with E-state index in [2.05, 4.69) is 4.98 Å². The third-order valence-corrected chi connectivity index (χ3v) is 1.74. The summed E-state index contributed by atoms with van der Waals surface area (Å²) in [6, 6.07) is 2.01. The molecule has 0 aliphatic carbocycles. The monoisotopic (exact) mass is 230 g/mol. The zero-order valence-electron chi connectivity index (χ0n) is 7.75. The second-order valence-electron chi connectivity index (χ2n) is 2.83. The molecule has 1 N–H and O–H groups in total. The molecule has 0 unspecified atom stereocenters. The summed E-state index contributed by atoms with van der Waals surface area (Å²) < 4.78 is 38.0. The topological polar surface area (TPSA) is 74.0 Å². The number of aromatic nitrogens is 1. The quantitative estimate of drug-likeness (QED) is 0.856. The Labute approximate surface area is 88.0 Å². The summed E-state index contributed by atoms with van der Waals surface area (Å²) in [4.78, 5) is 13.7. The molecule has 0 saturated carbocycles. The van der Waals surface area contributed by atoms with Gasteiger partial charge in [-0.2, -0.15) is 5.26 Å². The standard InChI is InChI=1S/C9H5F3N2O2/c10-5-1-4(3-13)14-6(2-7(15)16)8(5)9(11)12/h1,9H,2H2,(H,15,16). The van der Waals surface area contributed by atoms with Crippen LogP contribution < -0.4 is 0 Å². The zero-order chi connectivity index (χ0) is 12.3. The summed E-state index contributed by atoms with van der Waals surface area (Å²) in [5.74, 6) is -2.75. The van der Waals surface area contributed by atoms with Crippen LogP contribution in [0, 0.1) is 17.1 Å². The first-order valence-electron chi connectivity index (χ1n) is 4.05. The number of halogens is 3. The molecule has 0 spiro atoms. The minimum absolute atomic E-state index is 0.432. The minimum Gasteiger partial charge on any atom is -0.481 e. The molecule has 0 aliphatic rings. The van der Waals surface area contributed by atoms with Gasteiger partial charge in [-0.05, 0) is 0 Å². The smallest absolute Gasteiger partial charge is 0.309 e. The van der Waals surface area contributed by atoms with E-state index in [4.69, 9.17) is 10.4 Å². The second kappa shape index (κ2) is 4.61. The Bertz CT molecular complexity index is 469. The highest BCUT2D eigenvalue weighted by Crippen LogP contribution is 2.25. The molecule has 84 valence electrons. The fourth-order valence-corrected chi connectivity index (χ4v) is 1.14. The maximum absolute atomic E-state index is 13.1. The highest BCUT2D eigenvalue weighted by Gasteiger charge is 2.22. The largest absolute Gasteiger partial charge is 0.481 e. The predicted octanol–water partition coefficient (Wildman–Crippen LogP) is 1.66. The highest BCUT2D eigenvalue weighted by molar-refractivity contribution is 5.70. The zero-order valence-corrected chi connectivity index (χ0v) is 7.75. The van der Waals surface area contributed by atoms with Crippen molar-refractivity contribution in [3.05, 3.63) is 28.8 Å². The van der Waals surface area contributed by atoms with Crippen molar-refractivity contribution in [2.75, 3.05) is 0 Å². The Morgan fingerprint density at radius 3 is 2.69 bits per heavy atom. The van der Waals surface area contributed by atoms with Crippen LogP contribution in [-0.4, -0.2) is 16.1 Å². The van der Waals surface area contributed by atoms with Gasteiger partial charge in [-0.3, -0.25) is 4.79 Å². The van der Waals surface area contributed by atoms with Crippen molar-refractivity contribution in [3.63, 3.8) is 0 Å². The SMILES string of the molecule is N#Cc1cc(F)c(C(F)F)c(CC(=O)O)n1. The lowest BCUT2D eigenvalue weighted by atomic mass is 10.1. The number of pyridine rings is 1. The molecule has 1 aromatic rings. The van der Waals surface area contributed by atoms with Gasteiger partial charge >= 0.3 is 5.97 Å². The van der Waals surface area contributed by atoms with E-state index >= 15 is 0 Å². The summed E-state index contributed by atoms with van der Waals surface area (Å²) in [5, 5.41) is 16.9. The van der Waals surface area contributed by atoms with Crippen LogP contribution in [-0.2, 0) is 11.2 Å². The van der Waals surface area contributed by atoms with Gasteiger partial charge in [0.2, 0.25) is 0 Å². The fourth-order valence-electron chi connectivity index (χ4n) is 1.14. The third-order valence-electron chi connectivity index (χ3n) is 1.74. The molecule has 7 heteroatoms. The van der Waals surface area contributed by atoms with Crippen LogP contribution >= 0.6 is 0 Å². The van der Waals surface area contributed by atoms with E-state index in [1.54, 1.807) is 0 Å². The van der Waals surface area contributed by atoms with Gasteiger partial charge < -0.3 is 5.11 Å². The Morgan fingerprint density at radius 1 is 1.62 bits per heavy atom. The lowest BCUT2D eigenvalue weighted by Crippen LogP contribution is -2.09. The van der Waals surface area contributed by atoms with Crippen molar-refractivity contribution in [3.8, 4) is 6.07 Å². The molecule has 0 fully saturated rings. The van der Waals surface area contributed by atoms with Crippen LogP contribution in [0.2, 0.25) is 0 Å². The maximum Gasteiger partial charge on any atom is 0.309 e. The molecule has 16 heavy (non-hydrogen) atoms. The summed E-state index contributed by atoms with van der Waals surface area (Å²) in [6.07, 6.45) is -4.03. The minimum atomic E-state index is -3.17. The van der Waals surface area contributed by atoms with E-state index in [0.29, 0.717) is 6.07 Å². The molecule has 0 saturated heterocycles. The van der Waals surface area contributed by atoms with Crippen LogP contribution in [0.15, 0.2) is 6.07 Å². The molecular formula is C9H5F3N2O2. The van der Waals surface area contributed by atoms with Gasteiger partial charge in [0.05, 0.1) is 17.7 Å². The summed E-state index contributed by atoms with van der Waals surface area (Å²) in [5.41, 5.74) is -2.13. The van der Waals surface area contributed by atoms with Crippen molar-refractivity contribution in [1.29, 1.82) is 5.26 Å². The summed E-state index contributed by atoms with van der Waals surface area (Å²) >= 11 is 0. The predicted molar refractivity (Wildman–Crippen MR) is 45.2 cm³/mol. The molecule has 1 aromatic heterocycles. The summed E-state index contributed by atoms with van der Waals surface area (Å²) in [6.45, 7) is 0. The van der Waals surface area contributed by atoms with Gasteiger partial charge in [-0.25, -0.2) is 18.2 Å². The van der Waals surface area contributed by atoms with Gasteiger partial charge in [0.1, 0.15) is 17.6 Å². The van der Waals surface area contributed by atoms with Crippen molar-refractivity contribution in [1.82, 2.24) is 4.98 Å². The third kappa shape index (κ3) is 2.48. The molecule has 0 amide bonds. The van der Waals surface area contributed by atoms with Crippen LogP contribution in [0.1, 0.15) is 23.4 Å². The molecule has 1 rings (SSSR count). The average Bonchev–Trinajstić information content (AvgIpc) is 2.14. The summed E-state index contributed by atoms with van der Waals surface area (Å²) in [7, 11) is 0. The van der Waals surface area contributed by atoms with E-state index in [1.165, 1.54) is 6.07 Å². The van der Waals surface area contributed by atoms with E-state index in [-0.39, 0.29) is 0 Å². The van der Waals surface area contributed by atoms with Crippen molar-refractivity contribution in [2.45, 2.75) is 12.8 Å². The van der Waals surface area contributed by atoms with E-state index in [9.17, 15) is 18.0 Å². The Morgan fingerprint density at radius 2 is 2.25 bits per heavy atom. The highest BCUT2D eigenvalue weighted by atomic mass is 19.3. The molecule has 0 aromatic carbocycles. The van der Waals surface area contributed by atoms with Crippen LogP contribution in [0.4, 0.5) is 13.2 Å². The molecule has 0 bridgehead atoms. The Hall–Kier alpha value is -2.10. The van der Waals surface area contributed by atoms with Gasteiger partial charge in [-0.1, -0.05) is 0 Å². The lowest BCUT2D eigenvalue weighted by molar-refractivity contribution is -0.136. The number of carboxylic acids is 1. The molecule has 4 nitrogen and oxygen atoms in total. The molecule has 0 atom stereocenters. The Kier molecular flexibility index (Phi) is 3.45. The number of alkyl halides is 2. The van der Waals surface area contributed by atoms with Gasteiger partial charge in [0.25, 0.3) is 6.43 Å².